The maximum Gasteiger partial charge on any atom is 0.160 e. The Labute approximate surface area is 84.1 Å². The van der Waals surface area contributed by atoms with Crippen molar-refractivity contribution in [1.82, 2.24) is 19.9 Å². The predicted molar refractivity (Wildman–Crippen MR) is 53.5 cm³/mol. The maximum absolute atomic E-state index is 4.06. The number of hydrogen-bond donors (Lipinski definition) is 1. The highest BCUT2D eigenvalue weighted by Gasteiger charge is 2.03. The molecule has 0 aromatic carbocycles. The van der Waals surface area contributed by atoms with E-state index in [0.29, 0.717) is 0 Å². The molecule has 68 valence electrons. The molecule has 0 saturated heterocycles. The van der Waals surface area contributed by atoms with Gasteiger partial charge in [-0.05, 0) is 35.1 Å². The normalized spacial score (nSPS) is 10.9. The standard InChI is InChI=1S/C8H9BrN4/c1-10-4-8-12-11-7-3-2-6(9)5-13(7)8/h2-3,5,10H,4H2,1H3. The molecule has 1 N–H and O–H groups in total. The van der Waals surface area contributed by atoms with Gasteiger partial charge in [0.25, 0.3) is 0 Å². The number of pyridine rings is 1. The number of rotatable bonds is 2. The van der Waals surface area contributed by atoms with E-state index in [0.717, 1.165) is 22.5 Å². The largest absolute Gasteiger partial charge is 0.313 e. The van der Waals surface area contributed by atoms with E-state index in [9.17, 15) is 0 Å². The lowest BCUT2D eigenvalue weighted by Gasteiger charge is -1.98. The third-order valence-electron chi connectivity index (χ3n) is 1.77. The number of nitrogens with zero attached hydrogens (tertiary/aromatic N) is 3. The van der Waals surface area contributed by atoms with Crippen LogP contribution in [0.25, 0.3) is 5.65 Å². The van der Waals surface area contributed by atoms with Crippen molar-refractivity contribution in [3.8, 4) is 0 Å². The average Bonchev–Trinajstić information content (AvgIpc) is 2.49. The molecule has 2 rings (SSSR count). The van der Waals surface area contributed by atoms with E-state index in [1.165, 1.54) is 0 Å². The average molecular weight is 241 g/mol. The number of halogens is 1. The molecule has 0 aliphatic carbocycles. The van der Waals surface area contributed by atoms with Crippen molar-refractivity contribution in [3.05, 3.63) is 28.6 Å². The molecule has 0 aliphatic rings. The minimum atomic E-state index is 0.720. The van der Waals surface area contributed by atoms with Crippen molar-refractivity contribution in [1.29, 1.82) is 0 Å². The zero-order chi connectivity index (χ0) is 9.26. The van der Waals surface area contributed by atoms with Gasteiger partial charge in [0, 0.05) is 10.7 Å². The smallest absolute Gasteiger partial charge is 0.160 e. The van der Waals surface area contributed by atoms with E-state index >= 15 is 0 Å². The molecule has 2 aromatic rings. The van der Waals surface area contributed by atoms with E-state index < -0.39 is 0 Å². The first-order valence-electron chi connectivity index (χ1n) is 3.95. The fourth-order valence-corrected chi connectivity index (χ4v) is 1.53. The molecule has 0 saturated carbocycles. The SMILES string of the molecule is CNCc1nnc2ccc(Br)cn12. The van der Waals surface area contributed by atoms with E-state index in [-0.39, 0.29) is 0 Å². The molecule has 0 unspecified atom stereocenters. The molecule has 2 aromatic heterocycles. The summed E-state index contributed by atoms with van der Waals surface area (Å²) < 4.78 is 2.98. The Morgan fingerprint density at radius 3 is 3.08 bits per heavy atom. The van der Waals surface area contributed by atoms with E-state index in [2.05, 4.69) is 31.4 Å². The Hall–Kier alpha value is -0.940. The fourth-order valence-electron chi connectivity index (χ4n) is 1.19. The Bertz CT molecular complexity index is 423. The van der Waals surface area contributed by atoms with Gasteiger partial charge < -0.3 is 5.32 Å². The topological polar surface area (TPSA) is 42.2 Å². The summed E-state index contributed by atoms with van der Waals surface area (Å²) in [6.07, 6.45) is 1.96. The molecule has 0 spiro atoms. The first-order chi connectivity index (χ1) is 6.31. The van der Waals surface area contributed by atoms with Crippen molar-refractivity contribution in [2.75, 3.05) is 7.05 Å². The van der Waals surface area contributed by atoms with Gasteiger partial charge in [-0.15, -0.1) is 10.2 Å². The quantitative estimate of drug-likeness (QED) is 0.859. The summed E-state index contributed by atoms with van der Waals surface area (Å²) in [5.41, 5.74) is 0.869. The van der Waals surface area contributed by atoms with Crippen molar-refractivity contribution >= 4 is 21.6 Å². The highest BCUT2D eigenvalue weighted by Crippen LogP contribution is 2.11. The second kappa shape index (κ2) is 3.43. The summed E-state index contributed by atoms with van der Waals surface area (Å²) in [7, 11) is 1.89. The van der Waals surface area contributed by atoms with Crippen LogP contribution >= 0.6 is 15.9 Å². The summed E-state index contributed by atoms with van der Waals surface area (Å²) in [5.74, 6) is 0.916. The molecule has 2 heterocycles. The second-order valence-electron chi connectivity index (χ2n) is 2.72. The number of hydrogen-bond acceptors (Lipinski definition) is 3. The van der Waals surface area contributed by atoms with E-state index in [1.54, 1.807) is 0 Å². The van der Waals surface area contributed by atoms with Gasteiger partial charge in [-0.1, -0.05) is 0 Å². The van der Waals surface area contributed by atoms with Crippen LogP contribution in [-0.4, -0.2) is 21.6 Å². The van der Waals surface area contributed by atoms with Crippen LogP contribution in [0.3, 0.4) is 0 Å². The fraction of sp³-hybridized carbons (Fsp3) is 0.250. The van der Waals surface area contributed by atoms with Crippen molar-refractivity contribution < 1.29 is 0 Å². The molecule has 0 fully saturated rings. The molecular weight excluding hydrogens is 232 g/mol. The van der Waals surface area contributed by atoms with Crippen LogP contribution in [0.1, 0.15) is 5.82 Å². The monoisotopic (exact) mass is 240 g/mol. The van der Waals surface area contributed by atoms with Crippen LogP contribution in [0.4, 0.5) is 0 Å². The first kappa shape index (κ1) is 8.65. The maximum atomic E-state index is 4.06. The molecular formula is C8H9BrN4. The molecule has 5 heteroatoms. The van der Waals surface area contributed by atoms with Gasteiger partial charge in [0.2, 0.25) is 0 Å². The van der Waals surface area contributed by atoms with Gasteiger partial charge in [0.05, 0.1) is 6.54 Å². The molecule has 0 radical (unpaired) electrons. The molecule has 13 heavy (non-hydrogen) atoms. The molecule has 0 amide bonds. The summed E-state index contributed by atoms with van der Waals surface area (Å²) in [4.78, 5) is 0. The third kappa shape index (κ3) is 1.57. The zero-order valence-electron chi connectivity index (χ0n) is 7.16. The van der Waals surface area contributed by atoms with Gasteiger partial charge in [-0.2, -0.15) is 0 Å². The molecule has 0 bridgehead atoms. The van der Waals surface area contributed by atoms with Crippen LogP contribution in [0.5, 0.6) is 0 Å². The summed E-state index contributed by atoms with van der Waals surface area (Å²) in [5, 5.41) is 11.1. The van der Waals surface area contributed by atoms with Crippen molar-refractivity contribution in [2.45, 2.75) is 6.54 Å². The van der Waals surface area contributed by atoms with Crippen LogP contribution in [-0.2, 0) is 6.54 Å². The lowest BCUT2D eigenvalue weighted by Crippen LogP contribution is -2.08. The van der Waals surface area contributed by atoms with Crippen LogP contribution in [0.15, 0.2) is 22.8 Å². The van der Waals surface area contributed by atoms with Crippen LogP contribution < -0.4 is 5.32 Å². The van der Waals surface area contributed by atoms with Crippen molar-refractivity contribution in [2.24, 2.45) is 0 Å². The Kier molecular flexibility index (Phi) is 2.28. The van der Waals surface area contributed by atoms with Gasteiger partial charge in [0.15, 0.2) is 11.5 Å². The highest BCUT2D eigenvalue weighted by molar-refractivity contribution is 9.10. The lowest BCUT2D eigenvalue weighted by molar-refractivity contribution is 0.747. The number of nitrogens with one attached hydrogen (secondary N) is 1. The Balaban J connectivity index is 2.58. The Morgan fingerprint density at radius 2 is 2.31 bits per heavy atom. The first-order valence-corrected chi connectivity index (χ1v) is 4.74. The van der Waals surface area contributed by atoms with Gasteiger partial charge in [-0.25, -0.2) is 0 Å². The van der Waals surface area contributed by atoms with E-state index in [4.69, 9.17) is 0 Å². The lowest BCUT2D eigenvalue weighted by atomic mass is 10.4. The Morgan fingerprint density at radius 1 is 1.46 bits per heavy atom. The minimum absolute atomic E-state index is 0.720. The molecule has 0 atom stereocenters. The summed E-state index contributed by atoms with van der Waals surface area (Å²) in [6, 6.07) is 3.88. The van der Waals surface area contributed by atoms with E-state index in [1.807, 2.05) is 29.8 Å². The highest BCUT2D eigenvalue weighted by atomic mass is 79.9. The summed E-state index contributed by atoms with van der Waals surface area (Å²) in [6.45, 7) is 0.720. The van der Waals surface area contributed by atoms with Crippen molar-refractivity contribution in [3.63, 3.8) is 0 Å². The van der Waals surface area contributed by atoms with Crippen LogP contribution in [0.2, 0.25) is 0 Å². The van der Waals surface area contributed by atoms with Gasteiger partial charge in [-0.3, -0.25) is 4.40 Å². The van der Waals surface area contributed by atoms with Gasteiger partial charge >= 0.3 is 0 Å². The molecule has 4 nitrogen and oxygen atoms in total. The van der Waals surface area contributed by atoms with Gasteiger partial charge in [0.1, 0.15) is 0 Å². The number of aromatic nitrogens is 3. The minimum Gasteiger partial charge on any atom is -0.313 e. The zero-order valence-corrected chi connectivity index (χ0v) is 8.74. The third-order valence-corrected chi connectivity index (χ3v) is 2.24. The molecule has 0 aliphatic heterocycles. The summed E-state index contributed by atoms with van der Waals surface area (Å²) >= 11 is 3.41. The predicted octanol–water partition coefficient (Wildman–Crippen LogP) is 1.21. The number of fused-ring (bicyclic) bond motifs is 1. The van der Waals surface area contributed by atoms with Crippen LogP contribution in [0, 0.1) is 0 Å². The second-order valence-corrected chi connectivity index (χ2v) is 3.64.